The first-order chi connectivity index (χ1) is 16.0. The Kier molecular flexibility index (Phi) is 12.6. The Bertz CT molecular complexity index is 609. The molecule has 2 fully saturated rings. The molecule has 8 heteroatoms. The number of unbranched alkanes of at least 4 members (excludes halogenated alkanes) is 1. The van der Waals surface area contributed by atoms with Gasteiger partial charge in [-0.3, -0.25) is 15.0 Å². The van der Waals surface area contributed by atoms with Crippen LogP contribution in [0.25, 0.3) is 0 Å². The van der Waals surface area contributed by atoms with Crippen LogP contribution in [0.4, 0.5) is 4.79 Å². The first-order valence-corrected chi connectivity index (χ1v) is 13.3. The average Bonchev–Trinajstić information content (AvgIpc) is 3.18. The van der Waals surface area contributed by atoms with E-state index in [0.29, 0.717) is 25.9 Å². The molecule has 1 heterocycles. The Labute approximate surface area is 200 Å². The van der Waals surface area contributed by atoms with Gasteiger partial charge in [-0.25, -0.2) is 9.80 Å². The Morgan fingerprint density at radius 3 is 2.52 bits per heavy atom. The van der Waals surface area contributed by atoms with Crippen molar-refractivity contribution in [3.05, 3.63) is 0 Å². The number of amides is 3. The van der Waals surface area contributed by atoms with Crippen molar-refractivity contribution in [1.29, 1.82) is 0 Å². The number of hydrazine groups is 1. The van der Waals surface area contributed by atoms with Crippen molar-refractivity contribution >= 4 is 17.9 Å². The predicted molar refractivity (Wildman–Crippen MR) is 129 cm³/mol. The van der Waals surface area contributed by atoms with Crippen LogP contribution in [0.1, 0.15) is 97.8 Å². The fourth-order valence-electron chi connectivity index (χ4n) is 4.96. The monoisotopic (exact) mass is 466 g/mol. The lowest BCUT2D eigenvalue weighted by molar-refractivity contribution is -0.140. The first-order valence-electron chi connectivity index (χ1n) is 13.3. The Morgan fingerprint density at radius 1 is 1.09 bits per heavy atom. The zero-order chi connectivity index (χ0) is 24.1. The molecule has 0 aromatic rings. The highest BCUT2D eigenvalue weighted by Gasteiger charge is 2.39. The molecule has 33 heavy (non-hydrogen) atoms. The van der Waals surface area contributed by atoms with E-state index < -0.39 is 12.1 Å². The molecule has 3 amide bonds. The molecule has 0 radical (unpaired) electrons. The van der Waals surface area contributed by atoms with Crippen molar-refractivity contribution in [3.8, 4) is 0 Å². The molecule has 1 saturated carbocycles. The number of nitrogens with zero attached hydrogens (tertiary/aromatic N) is 2. The summed E-state index contributed by atoms with van der Waals surface area (Å²) in [7, 11) is 0. The summed E-state index contributed by atoms with van der Waals surface area (Å²) in [4.78, 5) is 40.2. The minimum Gasteiger partial charge on any atom is -0.448 e. The van der Waals surface area contributed by atoms with Gasteiger partial charge in [0, 0.05) is 13.1 Å². The first kappa shape index (κ1) is 27.4. The van der Waals surface area contributed by atoms with Crippen molar-refractivity contribution < 1.29 is 19.1 Å². The smallest absolute Gasteiger partial charge is 0.428 e. The number of hydrogen-bond donors (Lipinski definition) is 2. The van der Waals surface area contributed by atoms with Gasteiger partial charge in [0.1, 0.15) is 6.04 Å². The zero-order valence-corrected chi connectivity index (χ0v) is 21.1. The van der Waals surface area contributed by atoms with Gasteiger partial charge in [0.05, 0.1) is 12.6 Å². The number of likely N-dealkylation sites (tertiary alicyclic amines) is 1. The molecule has 0 unspecified atom stereocenters. The Hall–Kier alpha value is -1.83. The molecule has 0 bridgehead atoms. The molecular formula is C25H46N4O4. The van der Waals surface area contributed by atoms with E-state index in [4.69, 9.17) is 4.74 Å². The zero-order valence-electron chi connectivity index (χ0n) is 21.1. The van der Waals surface area contributed by atoms with E-state index in [9.17, 15) is 14.4 Å². The molecule has 2 atom stereocenters. The lowest BCUT2D eigenvalue weighted by atomic mass is 9.86. The van der Waals surface area contributed by atoms with Crippen LogP contribution in [0.15, 0.2) is 0 Å². The van der Waals surface area contributed by atoms with E-state index in [-0.39, 0.29) is 24.5 Å². The van der Waals surface area contributed by atoms with Gasteiger partial charge in [0.25, 0.3) is 5.91 Å². The summed E-state index contributed by atoms with van der Waals surface area (Å²) in [5.41, 5.74) is 2.73. The van der Waals surface area contributed by atoms with E-state index in [1.54, 1.807) is 11.8 Å². The van der Waals surface area contributed by atoms with Crippen LogP contribution in [0.2, 0.25) is 0 Å². The fourth-order valence-corrected chi connectivity index (χ4v) is 4.96. The average molecular weight is 467 g/mol. The second-order valence-corrected chi connectivity index (χ2v) is 9.46. The van der Waals surface area contributed by atoms with Gasteiger partial charge < -0.3 is 15.0 Å². The highest BCUT2D eigenvalue weighted by molar-refractivity contribution is 5.91. The van der Waals surface area contributed by atoms with Crippen LogP contribution in [0.3, 0.4) is 0 Å². The SMILES string of the molecule is CCCCN(NC(=O)[C@H](CCC)N1CC[C@@H](NCCCC2CCCCC2)C1=O)C(=O)OCC. The summed E-state index contributed by atoms with van der Waals surface area (Å²) in [6, 6.07) is -0.792. The third-order valence-corrected chi connectivity index (χ3v) is 6.85. The summed E-state index contributed by atoms with van der Waals surface area (Å²) in [5.74, 6) is 0.536. The predicted octanol–water partition coefficient (Wildman–Crippen LogP) is 4.00. The number of hydrogen-bond acceptors (Lipinski definition) is 5. The van der Waals surface area contributed by atoms with E-state index >= 15 is 0 Å². The normalized spacial score (nSPS) is 20.0. The lowest BCUT2D eigenvalue weighted by Gasteiger charge is -2.30. The van der Waals surface area contributed by atoms with Crippen molar-refractivity contribution in [2.24, 2.45) is 5.92 Å². The van der Waals surface area contributed by atoms with Crippen LogP contribution in [0.5, 0.6) is 0 Å². The number of rotatable bonds is 13. The maximum Gasteiger partial charge on any atom is 0.428 e. The van der Waals surface area contributed by atoms with Gasteiger partial charge >= 0.3 is 6.09 Å². The molecule has 0 aromatic heterocycles. The van der Waals surface area contributed by atoms with Crippen LogP contribution in [0, 0.1) is 5.92 Å². The van der Waals surface area contributed by atoms with Crippen LogP contribution < -0.4 is 10.7 Å². The molecule has 2 N–H and O–H groups in total. The van der Waals surface area contributed by atoms with E-state index in [1.165, 1.54) is 43.5 Å². The highest BCUT2D eigenvalue weighted by Crippen LogP contribution is 2.27. The lowest BCUT2D eigenvalue weighted by Crippen LogP contribution is -2.55. The third-order valence-electron chi connectivity index (χ3n) is 6.85. The summed E-state index contributed by atoms with van der Waals surface area (Å²) in [6.45, 7) is 7.80. The summed E-state index contributed by atoms with van der Waals surface area (Å²) in [6.07, 6.45) is 12.3. The molecule has 2 rings (SSSR count). The molecule has 0 aromatic carbocycles. The second kappa shape index (κ2) is 15.1. The quantitative estimate of drug-likeness (QED) is 0.316. The summed E-state index contributed by atoms with van der Waals surface area (Å²) in [5, 5.41) is 4.68. The topological polar surface area (TPSA) is 91.0 Å². The van der Waals surface area contributed by atoms with Gasteiger partial charge in [0.2, 0.25) is 5.91 Å². The number of ether oxygens (including phenoxy) is 1. The van der Waals surface area contributed by atoms with Crippen molar-refractivity contribution in [3.63, 3.8) is 0 Å². The third kappa shape index (κ3) is 8.80. The van der Waals surface area contributed by atoms with Crippen LogP contribution >= 0.6 is 0 Å². The number of nitrogens with one attached hydrogen (secondary N) is 2. The molecule has 1 aliphatic carbocycles. The minimum absolute atomic E-state index is 0.00231. The van der Waals surface area contributed by atoms with E-state index in [0.717, 1.165) is 38.1 Å². The molecule has 0 spiro atoms. The summed E-state index contributed by atoms with van der Waals surface area (Å²) >= 11 is 0. The molecule has 2 aliphatic rings. The maximum absolute atomic E-state index is 13.1. The second-order valence-electron chi connectivity index (χ2n) is 9.46. The van der Waals surface area contributed by atoms with Gasteiger partial charge in [0.15, 0.2) is 0 Å². The maximum atomic E-state index is 13.1. The van der Waals surface area contributed by atoms with Crippen LogP contribution in [-0.2, 0) is 14.3 Å². The molecule has 190 valence electrons. The van der Waals surface area contributed by atoms with Gasteiger partial charge in [-0.05, 0) is 51.5 Å². The number of carbonyl (C=O) groups excluding carboxylic acids is 3. The fraction of sp³-hybridized carbons (Fsp3) is 0.880. The number of carbonyl (C=O) groups is 3. The van der Waals surface area contributed by atoms with Crippen molar-refractivity contribution in [2.75, 3.05) is 26.2 Å². The van der Waals surface area contributed by atoms with Crippen LogP contribution in [-0.4, -0.2) is 66.1 Å². The molecule has 8 nitrogen and oxygen atoms in total. The molecule has 1 saturated heterocycles. The van der Waals surface area contributed by atoms with Crippen molar-refractivity contribution in [2.45, 2.75) is 110 Å². The Morgan fingerprint density at radius 2 is 1.85 bits per heavy atom. The van der Waals surface area contributed by atoms with Gasteiger partial charge in [-0.15, -0.1) is 0 Å². The molecular weight excluding hydrogens is 420 g/mol. The van der Waals surface area contributed by atoms with E-state index in [1.807, 2.05) is 13.8 Å². The minimum atomic E-state index is -0.574. The Balaban J connectivity index is 1.87. The standard InChI is InChI=1S/C25H46N4O4/c1-4-7-18-29(25(32)33-6-3)27-23(30)22(12-5-2)28-19-16-21(24(28)31)26-17-11-15-20-13-9-8-10-14-20/h20-22,26H,4-19H2,1-3H3,(H,27,30)/t21-,22+/m1/s1. The van der Waals surface area contributed by atoms with Gasteiger partial charge in [-0.2, -0.15) is 0 Å². The molecule has 1 aliphatic heterocycles. The van der Waals surface area contributed by atoms with E-state index in [2.05, 4.69) is 10.7 Å². The van der Waals surface area contributed by atoms with Crippen molar-refractivity contribution in [1.82, 2.24) is 20.7 Å². The highest BCUT2D eigenvalue weighted by atomic mass is 16.6. The largest absolute Gasteiger partial charge is 0.448 e. The van der Waals surface area contributed by atoms with Gasteiger partial charge in [-0.1, -0.05) is 58.8 Å². The summed E-state index contributed by atoms with van der Waals surface area (Å²) < 4.78 is 5.09.